The largest absolute Gasteiger partial charge is 0.480 e. The Labute approximate surface area is 216 Å². The number of aliphatic carboxylic acids is 1. The number of anilines is 1. The number of amides is 1. The van der Waals surface area contributed by atoms with Crippen LogP contribution in [-0.2, 0) is 22.6 Å². The maximum absolute atomic E-state index is 12.8. The average Bonchev–Trinajstić information content (AvgIpc) is 2.93. The third kappa shape index (κ3) is 7.46. The van der Waals surface area contributed by atoms with Crippen LogP contribution in [0.2, 0.25) is 0 Å². The highest BCUT2D eigenvalue weighted by atomic mass is 16.4. The molecular formula is C31H29N3O3. The van der Waals surface area contributed by atoms with Crippen molar-refractivity contribution < 1.29 is 14.7 Å². The lowest BCUT2D eigenvalue weighted by Crippen LogP contribution is -2.28. The van der Waals surface area contributed by atoms with E-state index in [0.29, 0.717) is 23.5 Å². The van der Waals surface area contributed by atoms with Crippen LogP contribution < -0.4 is 10.6 Å². The average molecular weight is 492 g/mol. The number of carbonyl (C=O) groups is 2. The van der Waals surface area contributed by atoms with E-state index in [1.165, 1.54) is 0 Å². The molecular weight excluding hydrogens is 462 g/mol. The molecule has 0 unspecified atom stereocenters. The summed E-state index contributed by atoms with van der Waals surface area (Å²) in [5.41, 5.74) is 4.48. The summed E-state index contributed by atoms with van der Waals surface area (Å²) in [7, 11) is 0. The van der Waals surface area contributed by atoms with Crippen molar-refractivity contribution in [2.45, 2.75) is 19.0 Å². The number of hydrogen-bond acceptors (Lipinski definition) is 4. The van der Waals surface area contributed by atoms with Crippen LogP contribution in [0.3, 0.4) is 0 Å². The summed E-state index contributed by atoms with van der Waals surface area (Å²) in [5, 5.41) is 16.1. The Kier molecular flexibility index (Phi) is 8.94. The van der Waals surface area contributed by atoms with E-state index in [-0.39, 0.29) is 18.9 Å². The van der Waals surface area contributed by atoms with Crippen LogP contribution in [0.15, 0.2) is 120 Å². The summed E-state index contributed by atoms with van der Waals surface area (Å²) in [4.78, 5) is 29.7. The standard InChI is InChI=1S/C31H29N3O3/c35-29(22-32-21-24-14-6-2-7-15-24)33-27-19-11-10-18-26(27)30(25-16-8-3-9-17-25)34-28(31(36)37)20-23-12-4-1-5-13-23/h1-19,28,32H,20-22H2,(H,33,35)(H,36,37)/t28-/m0/s1. The summed E-state index contributed by atoms with van der Waals surface area (Å²) < 4.78 is 0. The highest BCUT2D eigenvalue weighted by Gasteiger charge is 2.21. The SMILES string of the molecule is O=C(CNCc1ccccc1)Nc1ccccc1C(=N[C@@H](Cc1ccccc1)C(=O)O)c1ccccc1. The molecule has 6 heteroatoms. The Morgan fingerprint density at radius 1 is 0.730 bits per heavy atom. The van der Waals surface area contributed by atoms with E-state index < -0.39 is 12.0 Å². The van der Waals surface area contributed by atoms with Crippen LogP contribution in [0.4, 0.5) is 5.69 Å². The summed E-state index contributed by atoms with van der Waals surface area (Å²) in [6.45, 7) is 0.708. The van der Waals surface area contributed by atoms with Gasteiger partial charge in [0, 0.05) is 24.1 Å². The van der Waals surface area contributed by atoms with Crippen LogP contribution in [0.5, 0.6) is 0 Å². The molecule has 1 amide bonds. The van der Waals surface area contributed by atoms with E-state index in [0.717, 1.165) is 16.7 Å². The summed E-state index contributed by atoms with van der Waals surface area (Å²) in [6.07, 6.45) is 0.254. The molecule has 0 bridgehead atoms. The van der Waals surface area contributed by atoms with E-state index in [1.54, 1.807) is 6.07 Å². The first-order valence-electron chi connectivity index (χ1n) is 12.1. The van der Waals surface area contributed by atoms with E-state index in [1.807, 2.05) is 109 Å². The fraction of sp³-hybridized carbons (Fsp3) is 0.129. The van der Waals surface area contributed by atoms with Crippen molar-refractivity contribution in [3.63, 3.8) is 0 Å². The maximum atomic E-state index is 12.8. The first kappa shape index (κ1) is 25.5. The van der Waals surface area contributed by atoms with Gasteiger partial charge >= 0.3 is 5.97 Å². The number of hydrogen-bond donors (Lipinski definition) is 3. The Morgan fingerprint density at radius 3 is 1.95 bits per heavy atom. The molecule has 1 atom stereocenters. The quantitative estimate of drug-likeness (QED) is 0.259. The van der Waals surface area contributed by atoms with Gasteiger partial charge in [-0.2, -0.15) is 0 Å². The fourth-order valence-corrected chi connectivity index (χ4v) is 3.99. The second-order valence-electron chi connectivity index (χ2n) is 8.57. The van der Waals surface area contributed by atoms with Gasteiger partial charge < -0.3 is 15.7 Å². The van der Waals surface area contributed by atoms with Gasteiger partial charge in [0.25, 0.3) is 0 Å². The molecule has 4 aromatic carbocycles. The lowest BCUT2D eigenvalue weighted by Gasteiger charge is -2.16. The molecule has 4 aromatic rings. The van der Waals surface area contributed by atoms with Crippen LogP contribution in [0, 0.1) is 0 Å². The molecule has 0 saturated heterocycles. The molecule has 6 nitrogen and oxygen atoms in total. The Morgan fingerprint density at radius 2 is 1.30 bits per heavy atom. The van der Waals surface area contributed by atoms with Crippen LogP contribution >= 0.6 is 0 Å². The predicted octanol–water partition coefficient (Wildman–Crippen LogP) is 4.95. The smallest absolute Gasteiger partial charge is 0.328 e. The van der Waals surface area contributed by atoms with Crippen molar-refractivity contribution in [3.8, 4) is 0 Å². The van der Waals surface area contributed by atoms with Crippen molar-refractivity contribution in [2.24, 2.45) is 4.99 Å². The topological polar surface area (TPSA) is 90.8 Å². The van der Waals surface area contributed by atoms with E-state index >= 15 is 0 Å². The molecule has 0 aliphatic rings. The molecule has 4 rings (SSSR count). The first-order valence-corrected chi connectivity index (χ1v) is 12.1. The molecule has 0 aliphatic carbocycles. The maximum Gasteiger partial charge on any atom is 0.328 e. The highest BCUT2D eigenvalue weighted by molar-refractivity contribution is 6.17. The fourth-order valence-electron chi connectivity index (χ4n) is 3.99. The number of nitrogens with zero attached hydrogens (tertiary/aromatic N) is 1. The van der Waals surface area contributed by atoms with Crippen molar-refractivity contribution >= 4 is 23.3 Å². The monoisotopic (exact) mass is 491 g/mol. The third-order valence-corrected chi connectivity index (χ3v) is 5.80. The molecule has 37 heavy (non-hydrogen) atoms. The van der Waals surface area contributed by atoms with E-state index in [9.17, 15) is 14.7 Å². The molecule has 0 saturated carbocycles. The van der Waals surface area contributed by atoms with Crippen molar-refractivity contribution in [3.05, 3.63) is 138 Å². The molecule has 0 spiro atoms. The van der Waals surface area contributed by atoms with Gasteiger partial charge in [0.1, 0.15) is 0 Å². The van der Waals surface area contributed by atoms with Gasteiger partial charge in [-0.15, -0.1) is 0 Å². The number of carbonyl (C=O) groups excluding carboxylic acids is 1. The third-order valence-electron chi connectivity index (χ3n) is 5.80. The van der Waals surface area contributed by atoms with Gasteiger partial charge in [0.2, 0.25) is 5.91 Å². The van der Waals surface area contributed by atoms with Crippen LogP contribution in [-0.4, -0.2) is 35.3 Å². The van der Waals surface area contributed by atoms with Crippen molar-refractivity contribution in [1.82, 2.24) is 5.32 Å². The highest BCUT2D eigenvalue weighted by Crippen LogP contribution is 2.22. The minimum absolute atomic E-state index is 0.132. The lowest BCUT2D eigenvalue weighted by atomic mass is 9.99. The van der Waals surface area contributed by atoms with Gasteiger partial charge in [-0.05, 0) is 17.2 Å². The van der Waals surface area contributed by atoms with E-state index in [2.05, 4.69) is 10.6 Å². The van der Waals surface area contributed by atoms with Crippen molar-refractivity contribution in [2.75, 3.05) is 11.9 Å². The Hall–Kier alpha value is -4.55. The van der Waals surface area contributed by atoms with E-state index in [4.69, 9.17) is 4.99 Å². The minimum atomic E-state index is -1.01. The Bertz CT molecular complexity index is 1340. The zero-order valence-electron chi connectivity index (χ0n) is 20.4. The number of rotatable bonds is 11. The number of para-hydroxylation sites is 1. The first-order chi connectivity index (χ1) is 18.1. The summed E-state index contributed by atoms with van der Waals surface area (Å²) in [6, 6.07) is 35.1. The number of nitrogens with one attached hydrogen (secondary N) is 2. The second kappa shape index (κ2) is 13.0. The zero-order chi connectivity index (χ0) is 25.9. The van der Waals surface area contributed by atoms with Gasteiger partial charge in [-0.1, -0.05) is 109 Å². The minimum Gasteiger partial charge on any atom is -0.480 e. The molecule has 3 N–H and O–H groups in total. The van der Waals surface area contributed by atoms with Crippen LogP contribution in [0.25, 0.3) is 0 Å². The second-order valence-corrected chi connectivity index (χ2v) is 8.57. The molecule has 0 fully saturated rings. The number of carboxylic acids is 1. The predicted molar refractivity (Wildman–Crippen MR) is 147 cm³/mol. The molecule has 0 heterocycles. The molecule has 0 aliphatic heterocycles. The summed E-state index contributed by atoms with van der Waals surface area (Å²) >= 11 is 0. The molecule has 186 valence electrons. The van der Waals surface area contributed by atoms with Gasteiger partial charge in [-0.25, -0.2) is 4.79 Å². The summed E-state index contributed by atoms with van der Waals surface area (Å²) in [5.74, 6) is -1.21. The number of benzene rings is 4. The van der Waals surface area contributed by atoms with Gasteiger partial charge in [0.15, 0.2) is 6.04 Å². The Balaban J connectivity index is 1.60. The van der Waals surface area contributed by atoms with Crippen molar-refractivity contribution in [1.29, 1.82) is 0 Å². The number of carboxylic acid groups (broad SMARTS) is 1. The van der Waals surface area contributed by atoms with Crippen LogP contribution in [0.1, 0.15) is 22.3 Å². The lowest BCUT2D eigenvalue weighted by molar-refractivity contribution is -0.138. The molecule has 0 radical (unpaired) electrons. The normalized spacial score (nSPS) is 12.1. The van der Waals surface area contributed by atoms with Gasteiger partial charge in [0.05, 0.1) is 17.9 Å². The number of aliphatic imine (C=N–C) groups is 1. The zero-order valence-corrected chi connectivity index (χ0v) is 20.4. The van der Waals surface area contributed by atoms with Gasteiger partial charge in [-0.3, -0.25) is 9.79 Å². The molecule has 0 aromatic heterocycles.